The van der Waals surface area contributed by atoms with Gasteiger partial charge < -0.3 is 19.7 Å². The van der Waals surface area contributed by atoms with Crippen LogP contribution >= 0.6 is 0 Å². The van der Waals surface area contributed by atoms with Gasteiger partial charge in [-0.3, -0.25) is 14.4 Å². The van der Waals surface area contributed by atoms with E-state index >= 15 is 0 Å². The van der Waals surface area contributed by atoms with Crippen molar-refractivity contribution in [3.05, 3.63) is 53.1 Å². The number of anilines is 2. The van der Waals surface area contributed by atoms with Gasteiger partial charge in [0.05, 0.1) is 12.1 Å². The maximum absolute atomic E-state index is 12.5. The number of esters is 1. The van der Waals surface area contributed by atoms with Crippen LogP contribution in [-0.4, -0.2) is 36.5 Å². The van der Waals surface area contributed by atoms with E-state index in [1.165, 1.54) is 11.8 Å². The van der Waals surface area contributed by atoms with Crippen LogP contribution in [0.3, 0.4) is 0 Å². The molecule has 31 heavy (non-hydrogen) atoms. The standard InChI is InChI=1S/C24H28N2O5/c1-14-12-15(2)22(16(3)13-14)25-23(28)17(4)31-21(27)10-11-26-19-8-6-7-9-20(19)30-18(5)24(26)29/h6-9,12-13,17-18H,10-11H2,1-5H3,(H,25,28). The molecule has 164 valence electrons. The molecule has 2 aromatic carbocycles. The van der Waals surface area contributed by atoms with Gasteiger partial charge in [-0.2, -0.15) is 0 Å². The Labute approximate surface area is 182 Å². The van der Waals surface area contributed by atoms with Crippen LogP contribution in [-0.2, 0) is 19.1 Å². The predicted molar refractivity (Wildman–Crippen MR) is 118 cm³/mol. The van der Waals surface area contributed by atoms with Crippen molar-refractivity contribution in [1.82, 2.24) is 0 Å². The molecular weight excluding hydrogens is 396 g/mol. The molecule has 0 aromatic heterocycles. The summed E-state index contributed by atoms with van der Waals surface area (Å²) in [5.74, 6) is -0.573. The molecule has 0 aliphatic carbocycles. The number of ether oxygens (including phenoxy) is 2. The molecule has 0 spiro atoms. The molecule has 1 aliphatic rings. The lowest BCUT2D eigenvalue weighted by molar-refractivity contribution is -0.153. The van der Waals surface area contributed by atoms with Gasteiger partial charge in [0.2, 0.25) is 0 Å². The van der Waals surface area contributed by atoms with Gasteiger partial charge in [0.1, 0.15) is 5.75 Å². The van der Waals surface area contributed by atoms with Crippen molar-refractivity contribution in [2.75, 3.05) is 16.8 Å². The highest BCUT2D eigenvalue weighted by Gasteiger charge is 2.31. The number of hydrogen-bond acceptors (Lipinski definition) is 5. The average Bonchev–Trinajstić information content (AvgIpc) is 2.70. The van der Waals surface area contributed by atoms with Gasteiger partial charge in [0.25, 0.3) is 11.8 Å². The van der Waals surface area contributed by atoms with E-state index in [2.05, 4.69) is 5.32 Å². The van der Waals surface area contributed by atoms with Crippen LogP contribution in [0.15, 0.2) is 36.4 Å². The number of benzene rings is 2. The number of amides is 2. The van der Waals surface area contributed by atoms with E-state index in [-0.39, 0.29) is 18.9 Å². The van der Waals surface area contributed by atoms with Gasteiger partial charge in [-0.05, 0) is 57.9 Å². The summed E-state index contributed by atoms with van der Waals surface area (Å²) in [6, 6.07) is 11.1. The summed E-state index contributed by atoms with van der Waals surface area (Å²) in [7, 11) is 0. The lowest BCUT2D eigenvalue weighted by atomic mass is 10.0. The van der Waals surface area contributed by atoms with Gasteiger partial charge >= 0.3 is 5.97 Å². The quantitative estimate of drug-likeness (QED) is 0.715. The fraction of sp³-hybridized carbons (Fsp3) is 0.375. The number of rotatable bonds is 6. The van der Waals surface area contributed by atoms with Crippen molar-refractivity contribution in [2.24, 2.45) is 0 Å². The second-order valence-corrected chi connectivity index (χ2v) is 7.86. The van der Waals surface area contributed by atoms with Gasteiger partial charge in [-0.15, -0.1) is 0 Å². The first-order chi connectivity index (χ1) is 14.7. The van der Waals surface area contributed by atoms with E-state index in [1.54, 1.807) is 25.1 Å². The highest BCUT2D eigenvalue weighted by atomic mass is 16.5. The topological polar surface area (TPSA) is 84.9 Å². The third kappa shape index (κ3) is 5.05. The lowest BCUT2D eigenvalue weighted by Gasteiger charge is -2.32. The van der Waals surface area contributed by atoms with E-state index in [0.29, 0.717) is 11.4 Å². The largest absolute Gasteiger partial charge is 0.479 e. The number of aryl methyl sites for hydroxylation is 3. The molecule has 1 N–H and O–H groups in total. The van der Waals surface area contributed by atoms with Crippen LogP contribution < -0.4 is 15.0 Å². The van der Waals surface area contributed by atoms with Crippen LogP contribution in [0, 0.1) is 20.8 Å². The summed E-state index contributed by atoms with van der Waals surface area (Å²) < 4.78 is 10.9. The average molecular weight is 424 g/mol. The third-order valence-electron chi connectivity index (χ3n) is 5.22. The zero-order valence-corrected chi connectivity index (χ0v) is 18.5. The van der Waals surface area contributed by atoms with Crippen molar-refractivity contribution in [2.45, 2.75) is 53.2 Å². The smallest absolute Gasteiger partial charge is 0.308 e. The number of nitrogens with zero attached hydrogens (tertiary/aromatic N) is 1. The maximum atomic E-state index is 12.5. The zero-order chi connectivity index (χ0) is 22.7. The highest BCUT2D eigenvalue weighted by Crippen LogP contribution is 2.33. The van der Waals surface area contributed by atoms with E-state index in [0.717, 1.165) is 22.4 Å². The first kappa shape index (κ1) is 22.3. The number of carbonyl (C=O) groups is 3. The van der Waals surface area contributed by atoms with Crippen molar-refractivity contribution < 1.29 is 23.9 Å². The van der Waals surface area contributed by atoms with Gasteiger partial charge in [0, 0.05) is 12.2 Å². The molecule has 0 fully saturated rings. The molecular formula is C24H28N2O5. The van der Waals surface area contributed by atoms with Crippen LogP contribution in [0.4, 0.5) is 11.4 Å². The molecule has 2 atom stereocenters. The minimum absolute atomic E-state index is 0.0347. The summed E-state index contributed by atoms with van der Waals surface area (Å²) >= 11 is 0. The monoisotopic (exact) mass is 424 g/mol. The maximum Gasteiger partial charge on any atom is 0.308 e. The van der Waals surface area contributed by atoms with Crippen LogP contribution in [0.2, 0.25) is 0 Å². The molecule has 2 unspecified atom stereocenters. The SMILES string of the molecule is Cc1cc(C)c(NC(=O)C(C)OC(=O)CCN2C(=O)C(C)Oc3ccccc32)c(C)c1. The molecule has 1 heterocycles. The molecule has 2 aromatic rings. The first-order valence-corrected chi connectivity index (χ1v) is 10.3. The molecule has 0 radical (unpaired) electrons. The molecule has 7 nitrogen and oxygen atoms in total. The van der Waals surface area contributed by atoms with E-state index in [4.69, 9.17) is 9.47 Å². The summed E-state index contributed by atoms with van der Waals surface area (Å²) in [4.78, 5) is 38.9. The molecule has 1 aliphatic heterocycles. The summed E-state index contributed by atoms with van der Waals surface area (Å²) in [5, 5.41) is 2.84. The van der Waals surface area contributed by atoms with Crippen molar-refractivity contribution >= 4 is 29.2 Å². The van der Waals surface area contributed by atoms with E-state index in [1.807, 2.05) is 39.0 Å². The first-order valence-electron chi connectivity index (χ1n) is 10.3. The summed E-state index contributed by atoms with van der Waals surface area (Å²) in [5.41, 5.74) is 4.35. The Balaban J connectivity index is 1.58. The fourth-order valence-corrected chi connectivity index (χ4v) is 3.70. The zero-order valence-electron chi connectivity index (χ0n) is 18.5. The van der Waals surface area contributed by atoms with Crippen LogP contribution in [0.1, 0.15) is 37.0 Å². The Hall–Kier alpha value is -3.35. The second-order valence-electron chi connectivity index (χ2n) is 7.86. The number of para-hydroxylation sites is 2. The highest BCUT2D eigenvalue weighted by molar-refractivity contribution is 6.00. The number of fused-ring (bicyclic) bond motifs is 1. The molecule has 0 bridgehead atoms. The summed E-state index contributed by atoms with van der Waals surface area (Å²) in [6.07, 6.45) is -1.62. The Morgan fingerprint density at radius 1 is 1.16 bits per heavy atom. The fourth-order valence-electron chi connectivity index (χ4n) is 3.70. The van der Waals surface area contributed by atoms with E-state index < -0.39 is 24.1 Å². The van der Waals surface area contributed by atoms with E-state index in [9.17, 15) is 14.4 Å². The van der Waals surface area contributed by atoms with Crippen molar-refractivity contribution in [3.8, 4) is 5.75 Å². The second kappa shape index (κ2) is 9.20. The number of carbonyl (C=O) groups excluding carboxylic acids is 3. The molecule has 3 rings (SSSR count). The van der Waals surface area contributed by atoms with Crippen molar-refractivity contribution in [1.29, 1.82) is 0 Å². The Morgan fingerprint density at radius 2 is 1.81 bits per heavy atom. The van der Waals surface area contributed by atoms with Crippen LogP contribution in [0.5, 0.6) is 5.75 Å². The Bertz CT molecular complexity index is 994. The number of nitrogens with one attached hydrogen (secondary N) is 1. The number of hydrogen-bond donors (Lipinski definition) is 1. The normalized spacial score (nSPS) is 16.2. The van der Waals surface area contributed by atoms with Crippen molar-refractivity contribution in [3.63, 3.8) is 0 Å². The summed E-state index contributed by atoms with van der Waals surface area (Å²) in [6.45, 7) is 9.19. The Morgan fingerprint density at radius 3 is 2.48 bits per heavy atom. The minimum atomic E-state index is -0.959. The lowest BCUT2D eigenvalue weighted by Crippen LogP contribution is -2.45. The third-order valence-corrected chi connectivity index (χ3v) is 5.22. The Kier molecular flexibility index (Phi) is 6.63. The minimum Gasteiger partial charge on any atom is -0.479 e. The van der Waals surface area contributed by atoms with Gasteiger partial charge in [0.15, 0.2) is 12.2 Å². The molecule has 7 heteroatoms. The van der Waals surface area contributed by atoms with Gasteiger partial charge in [-0.25, -0.2) is 0 Å². The van der Waals surface area contributed by atoms with Gasteiger partial charge in [-0.1, -0.05) is 29.8 Å². The molecule has 0 saturated carbocycles. The predicted octanol–water partition coefficient (Wildman–Crippen LogP) is 3.69. The van der Waals surface area contributed by atoms with Crippen LogP contribution in [0.25, 0.3) is 0 Å². The molecule has 0 saturated heterocycles. The molecule has 2 amide bonds.